The molecule has 0 spiro atoms. The van der Waals surface area contributed by atoms with E-state index in [0.29, 0.717) is 0 Å². The average molecular weight is 681 g/mol. The molecular weight excluding hydrogens is 652 g/mol. The summed E-state index contributed by atoms with van der Waals surface area (Å²) in [6.45, 7) is -3.48. The largest absolute Gasteiger partial charge is 0.508 e. The van der Waals surface area contributed by atoms with Crippen LogP contribution in [0.2, 0.25) is 0 Å². The van der Waals surface area contributed by atoms with Gasteiger partial charge in [-0.1, -0.05) is 0 Å². The first kappa shape index (κ1) is 35.0. The fourth-order valence-corrected chi connectivity index (χ4v) is 4.21. The molecule has 0 unspecified atom stereocenters. The van der Waals surface area contributed by atoms with Crippen molar-refractivity contribution in [1.29, 1.82) is 0 Å². The first-order valence-electron chi connectivity index (χ1n) is 13.9. The van der Waals surface area contributed by atoms with E-state index in [0.717, 1.165) is 72.8 Å². The number of phenols is 8. The van der Waals surface area contributed by atoms with Crippen LogP contribution in [-0.4, -0.2) is 91.2 Å². The number of ether oxygens (including phenoxy) is 4. The number of benzene rings is 4. The number of phenolic OH excluding ortho intramolecular Hbond substituents is 8. The summed E-state index contributed by atoms with van der Waals surface area (Å²) in [5.41, 5.74) is -3.68. The maximum absolute atomic E-state index is 13.0. The molecule has 16 heteroatoms. The highest BCUT2D eigenvalue weighted by molar-refractivity contribution is 5.94. The molecule has 0 radical (unpaired) electrons. The Balaban J connectivity index is 1.68. The molecule has 0 aliphatic carbocycles. The molecule has 8 N–H and O–H groups in total. The average Bonchev–Trinajstić information content (AvgIpc) is 3.03. The lowest BCUT2D eigenvalue weighted by Gasteiger charge is -2.31. The standard InChI is InChI=1S/C33H28O16/c34-17-1-5-21(25(38)9-17)29(42)46-13-33(14-47-30(43)22-6-2-18(35)10-26(22)39,15-48-31(44)23-7-3-19(36)11-27(23)40)16-49-32(45)24-8-4-20(37)12-28(24)41/h1-12,34-41H,13-16H2. The lowest BCUT2D eigenvalue weighted by Crippen LogP contribution is -2.44. The third-order valence-electron chi connectivity index (χ3n) is 6.84. The van der Waals surface area contributed by atoms with E-state index in [2.05, 4.69) is 0 Å². The molecule has 4 aromatic carbocycles. The van der Waals surface area contributed by atoms with Crippen LogP contribution in [-0.2, 0) is 18.9 Å². The summed E-state index contributed by atoms with van der Waals surface area (Å²) in [4.78, 5) is 51.9. The molecule has 0 saturated carbocycles. The molecule has 0 heterocycles. The topological polar surface area (TPSA) is 267 Å². The van der Waals surface area contributed by atoms with Crippen LogP contribution >= 0.6 is 0 Å². The number of hydrogen-bond acceptors (Lipinski definition) is 16. The van der Waals surface area contributed by atoms with E-state index in [1.54, 1.807) is 0 Å². The Kier molecular flexibility index (Phi) is 10.5. The van der Waals surface area contributed by atoms with Gasteiger partial charge in [0.25, 0.3) is 0 Å². The van der Waals surface area contributed by atoms with Crippen molar-refractivity contribution in [2.45, 2.75) is 0 Å². The zero-order chi connectivity index (χ0) is 35.9. The normalized spacial score (nSPS) is 10.9. The van der Waals surface area contributed by atoms with E-state index in [1.807, 2.05) is 0 Å². The van der Waals surface area contributed by atoms with E-state index in [-0.39, 0.29) is 23.0 Å². The van der Waals surface area contributed by atoms with E-state index in [9.17, 15) is 60.0 Å². The summed E-state index contributed by atoms with van der Waals surface area (Å²) < 4.78 is 21.4. The molecule has 16 nitrogen and oxygen atoms in total. The Bertz CT molecular complexity index is 1620. The number of esters is 4. The van der Waals surface area contributed by atoms with Crippen LogP contribution < -0.4 is 0 Å². The van der Waals surface area contributed by atoms with Crippen molar-refractivity contribution in [2.24, 2.45) is 5.41 Å². The Labute approximate surface area is 275 Å². The predicted molar refractivity (Wildman–Crippen MR) is 163 cm³/mol. The van der Waals surface area contributed by atoms with E-state index < -0.39 is 101 Å². The molecule has 4 aromatic rings. The van der Waals surface area contributed by atoms with Crippen LogP contribution in [0.1, 0.15) is 41.4 Å². The molecule has 0 amide bonds. The third-order valence-corrected chi connectivity index (χ3v) is 6.84. The van der Waals surface area contributed by atoms with Crippen molar-refractivity contribution >= 4 is 23.9 Å². The summed E-state index contributed by atoms with van der Waals surface area (Å²) in [7, 11) is 0. The Morgan fingerprint density at radius 3 is 0.776 bits per heavy atom. The van der Waals surface area contributed by atoms with Crippen molar-refractivity contribution in [1.82, 2.24) is 0 Å². The van der Waals surface area contributed by atoms with Gasteiger partial charge in [-0.2, -0.15) is 0 Å². The molecule has 0 aliphatic rings. The Morgan fingerprint density at radius 2 is 0.592 bits per heavy atom. The SMILES string of the molecule is O=C(OCC(COC(=O)c1ccc(O)cc1O)(COC(=O)c1ccc(O)cc1O)COC(=O)c1ccc(O)cc1O)c1ccc(O)cc1O. The fourth-order valence-electron chi connectivity index (χ4n) is 4.21. The van der Waals surface area contributed by atoms with Gasteiger partial charge in [0.15, 0.2) is 0 Å². The van der Waals surface area contributed by atoms with Gasteiger partial charge in [0.05, 0.1) is 0 Å². The third kappa shape index (κ3) is 8.70. The van der Waals surface area contributed by atoms with Crippen LogP contribution in [0.15, 0.2) is 72.8 Å². The molecule has 0 fully saturated rings. The van der Waals surface area contributed by atoms with Gasteiger partial charge in [-0.25, -0.2) is 19.2 Å². The zero-order valence-electron chi connectivity index (χ0n) is 25.1. The predicted octanol–water partition coefficient (Wildman–Crippen LogP) is 3.05. The number of carbonyl (C=O) groups is 4. The second-order valence-electron chi connectivity index (χ2n) is 10.6. The minimum absolute atomic E-state index is 0.374. The maximum Gasteiger partial charge on any atom is 0.341 e. The van der Waals surface area contributed by atoms with Crippen LogP contribution in [0.25, 0.3) is 0 Å². The van der Waals surface area contributed by atoms with E-state index >= 15 is 0 Å². The maximum atomic E-state index is 13.0. The van der Waals surface area contributed by atoms with Gasteiger partial charge in [-0.05, 0) is 48.5 Å². The molecular formula is C33H28O16. The second kappa shape index (κ2) is 14.7. The van der Waals surface area contributed by atoms with Gasteiger partial charge in [0.2, 0.25) is 0 Å². The van der Waals surface area contributed by atoms with Gasteiger partial charge in [0, 0.05) is 24.3 Å². The molecule has 256 valence electrons. The van der Waals surface area contributed by atoms with E-state index in [4.69, 9.17) is 18.9 Å². The quantitative estimate of drug-likeness (QED) is 0.0789. The van der Waals surface area contributed by atoms with Crippen molar-refractivity contribution < 1.29 is 79.0 Å². The molecule has 49 heavy (non-hydrogen) atoms. The van der Waals surface area contributed by atoms with E-state index in [1.165, 1.54) is 0 Å². The van der Waals surface area contributed by atoms with Gasteiger partial charge >= 0.3 is 23.9 Å². The lowest BCUT2D eigenvalue weighted by molar-refractivity contribution is -0.0642. The van der Waals surface area contributed by atoms with Crippen molar-refractivity contribution in [3.05, 3.63) is 95.1 Å². The fraction of sp³-hybridized carbons (Fsp3) is 0.152. The molecule has 0 aliphatic heterocycles. The smallest absolute Gasteiger partial charge is 0.341 e. The highest BCUT2D eigenvalue weighted by Gasteiger charge is 2.39. The molecule has 4 rings (SSSR count). The zero-order valence-corrected chi connectivity index (χ0v) is 25.1. The van der Waals surface area contributed by atoms with Crippen molar-refractivity contribution in [3.8, 4) is 46.0 Å². The summed E-state index contributed by atoms with van der Waals surface area (Å²) in [6, 6.07) is 11.9. The van der Waals surface area contributed by atoms with Gasteiger partial charge < -0.3 is 59.8 Å². The minimum Gasteiger partial charge on any atom is -0.508 e. The summed E-state index contributed by atoms with van der Waals surface area (Å²) in [5, 5.41) is 78.9. The first-order valence-corrected chi connectivity index (χ1v) is 13.9. The minimum atomic E-state index is -1.99. The number of aromatic hydroxyl groups is 8. The molecule has 0 saturated heterocycles. The van der Waals surface area contributed by atoms with Gasteiger partial charge in [0.1, 0.15) is 100 Å². The lowest BCUT2D eigenvalue weighted by atomic mass is 9.92. The number of hydrogen-bond donors (Lipinski definition) is 8. The van der Waals surface area contributed by atoms with Crippen molar-refractivity contribution in [3.63, 3.8) is 0 Å². The highest BCUT2D eigenvalue weighted by Crippen LogP contribution is 2.30. The monoisotopic (exact) mass is 680 g/mol. The van der Waals surface area contributed by atoms with Crippen LogP contribution in [0.3, 0.4) is 0 Å². The Hall–Kier alpha value is -6.84. The van der Waals surface area contributed by atoms with Gasteiger partial charge in [-0.3, -0.25) is 0 Å². The second-order valence-corrected chi connectivity index (χ2v) is 10.6. The summed E-state index contributed by atoms with van der Waals surface area (Å²) >= 11 is 0. The Morgan fingerprint density at radius 1 is 0.388 bits per heavy atom. The molecule has 0 bridgehead atoms. The molecule has 0 aromatic heterocycles. The highest BCUT2D eigenvalue weighted by atomic mass is 16.6. The van der Waals surface area contributed by atoms with Crippen molar-refractivity contribution in [2.75, 3.05) is 26.4 Å². The van der Waals surface area contributed by atoms with Crippen LogP contribution in [0, 0.1) is 5.41 Å². The van der Waals surface area contributed by atoms with Gasteiger partial charge in [-0.15, -0.1) is 0 Å². The number of carbonyl (C=O) groups excluding carboxylic acids is 4. The number of rotatable bonds is 12. The first-order chi connectivity index (χ1) is 23.2. The van der Waals surface area contributed by atoms with Crippen LogP contribution in [0.4, 0.5) is 0 Å². The summed E-state index contributed by atoms with van der Waals surface area (Å²) in [5.74, 6) is -8.93. The molecule has 0 atom stereocenters. The van der Waals surface area contributed by atoms with Crippen LogP contribution in [0.5, 0.6) is 46.0 Å². The summed E-state index contributed by atoms with van der Waals surface area (Å²) in [6.07, 6.45) is 0.